The second-order valence-electron chi connectivity index (χ2n) is 6.50. The number of thiocarbonyl (C=S) groups is 1. The van der Waals surface area contributed by atoms with Gasteiger partial charge in [0.15, 0.2) is 0 Å². The summed E-state index contributed by atoms with van der Waals surface area (Å²) >= 11 is 6.50. The Bertz CT molecular complexity index is 936. The normalized spacial score (nSPS) is 15.1. The number of carbonyl (C=O) groups is 2. The summed E-state index contributed by atoms with van der Waals surface area (Å²) in [6.07, 6.45) is 1.91. The van der Waals surface area contributed by atoms with Crippen LogP contribution in [0, 0.1) is 6.92 Å². The Hall–Kier alpha value is -2.64. The maximum Gasteiger partial charge on any atom is 0.307 e. The van der Waals surface area contributed by atoms with Gasteiger partial charge in [-0.2, -0.15) is 0 Å². The molecule has 0 aliphatic carbocycles. The number of hydrogen-bond donors (Lipinski definition) is 0. The number of benzene rings is 2. The summed E-state index contributed by atoms with van der Waals surface area (Å²) in [6, 6.07) is 15.7. The number of nitrogens with zero attached hydrogens (tertiary/aromatic N) is 1. The average Bonchev–Trinajstić information content (AvgIpc) is 2.99. The quantitative estimate of drug-likeness (QED) is 0.372. The lowest BCUT2D eigenvalue weighted by molar-refractivity contribution is -0.140. The van der Waals surface area contributed by atoms with E-state index in [1.54, 1.807) is 6.08 Å². The second-order valence-corrected chi connectivity index (χ2v) is 8.18. The second kappa shape index (κ2) is 9.71. The number of amides is 1. The van der Waals surface area contributed by atoms with Gasteiger partial charge >= 0.3 is 5.97 Å². The van der Waals surface area contributed by atoms with Crippen molar-refractivity contribution in [1.29, 1.82) is 0 Å². The minimum atomic E-state index is -0.371. The molecule has 1 heterocycles. The zero-order valence-electron chi connectivity index (χ0n) is 16.2. The summed E-state index contributed by atoms with van der Waals surface area (Å²) in [7, 11) is 1.32. The molecule has 0 aromatic heterocycles. The molecule has 29 heavy (non-hydrogen) atoms. The van der Waals surface area contributed by atoms with Gasteiger partial charge in [-0.3, -0.25) is 14.5 Å². The highest BCUT2D eigenvalue weighted by Gasteiger charge is 2.32. The molecule has 1 aliphatic rings. The fourth-order valence-corrected chi connectivity index (χ4v) is 3.97. The van der Waals surface area contributed by atoms with Crippen molar-refractivity contribution in [2.24, 2.45) is 0 Å². The van der Waals surface area contributed by atoms with Crippen LogP contribution >= 0.6 is 24.0 Å². The zero-order valence-corrected chi connectivity index (χ0v) is 17.8. The fraction of sp³-hybridized carbons (Fsp3) is 0.227. The Balaban J connectivity index is 1.60. The fourth-order valence-electron chi connectivity index (χ4n) is 2.66. The average molecular weight is 428 g/mol. The van der Waals surface area contributed by atoms with Crippen LogP contribution in [-0.2, 0) is 20.9 Å². The molecule has 7 heteroatoms. The molecular formula is C22H21NO4S2. The Kier molecular flexibility index (Phi) is 7.06. The van der Waals surface area contributed by atoms with Gasteiger partial charge in [0.05, 0.1) is 18.4 Å². The summed E-state index contributed by atoms with van der Waals surface area (Å²) in [4.78, 5) is 25.8. The topological polar surface area (TPSA) is 55.8 Å². The first-order valence-electron chi connectivity index (χ1n) is 9.07. The van der Waals surface area contributed by atoms with Crippen LogP contribution in [-0.4, -0.2) is 34.8 Å². The largest absolute Gasteiger partial charge is 0.489 e. The lowest BCUT2D eigenvalue weighted by Gasteiger charge is -2.12. The number of aryl methyl sites for hydroxylation is 1. The van der Waals surface area contributed by atoms with Crippen molar-refractivity contribution in [2.75, 3.05) is 13.7 Å². The van der Waals surface area contributed by atoms with E-state index in [2.05, 4.69) is 23.8 Å². The number of thioether (sulfide) groups is 1. The standard InChI is InChI=1S/C22H21NO4S2/c1-15-3-5-17(6-4-15)14-27-18-9-7-16(8-10-18)13-19-21(25)23(22(28)29-19)12-11-20(24)26-2/h3-10,13H,11-12,14H2,1-2H3/b19-13-. The summed E-state index contributed by atoms with van der Waals surface area (Å²) in [6.45, 7) is 2.77. The molecule has 0 saturated carbocycles. The molecule has 1 fully saturated rings. The van der Waals surface area contributed by atoms with Crippen LogP contribution in [0.15, 0.2) is 53.4 Å². The third kappa shape index (κ3) is 5.68. The van der Waals surface area contributed by atoms with E-state index >= 15 is 0 Å². The van der Waals surface area contributed by atoms with Crippen molar-refractivity contribution < 1.29 is 19.1 Å². The van der Waals surface area contributed by atoms with Crippen molar-refractivity contribution in [1.82, 2.24) is 4.90 Å². The minimum absolute atomic E-state index is 0.114. The molecule has 2 aromatic rings. The van der Waals surface area contributed by atoms with E-state index in [-0.39, 0.29) is 24.8 Å². The summed E-state index contributed by atoms with van der Waals surface area (Å²) in [5.74, 6) is 0.196. The molecule has 1 aliphatic heterocycles. The molecule has 0 spiro atoms. The first-order chi connectivity index (χ1) is 14.0. The highest BCUT2D eigenvalue weighted by atomic mass is 32.2. The number of rotatable bonds is 7. The molecule has 0 bridgehead atoms. The Morgan fingerprint density at radius 1 is 1.14 bits per heavy atom. The maximum absolute atomic E-state index is 12.5. The van der Waals surface area contributed by atoms with Gasteiger partial charge in [0.1, 0.15) is 16.7 Å². The van der Waals surface area contributed by atoms with E-state index in [9.17, 15) is 9.59 Å². The maximum atomic E-state index is 12.5. The molecule has 3 rings (SSSR count). The Labute approximate surface area is 179 Å². The lowest BCUT2D eigenvalue weighted by Crippen LogP contribution is -2.30. The summed E-state index contributed by atoms with van der Waals surface area (Å²) < 4.78 is 10.9. The molecule has 5 nitrogen and oxygen atoms in total. The predicted octanol–water partition coefficient (Wildman–Crippen LogP) is 4.34. The van der Waals surface area contributed by atoms with Crippen LogP contribution in [0.3, 0.4) is 0 Å². The molecule has 0 N–H and O–H groups in total. The lowest BCUT2D eigenvalue weighted by atomic mass is 10.1. The summed E-state index contributed by atoms with van der Waals surface area (Å²) in [5, 5.41) is 0. The van der Waals surface area contributed by atoms with Gasteiger partial charge < -0.3 is 9.47 Å². The molecule has 0 unspecified atom stereocenters. The van der Waals surface area contributed by atoms with Gasteiger partial charge in [0.2, 0.25) is 0 Å². The van der Waals surface area contributed by atoms with Crippen molar-refractivity contribution >= 4 is 46.3 Å². The zero-order chi connectivity index (χ0) is 20.8. The summed E-state index contributed by atoms with van der Waals surface area (Å²) in [5.41, 5.74) is 3.20. The van der Waals surface area contributed by atoms with Crippen LogP contribution in [0.4, 0.5) is 0 Å². The molecule has 2 aromatic carbocycles. The van der Waals surface area contributed by atoms with Crippen LogP contribution < -0.4 is 4.74 Å². The predicted molar refractivity (Wildman–Crippen MR) is 118 cm³/mol. The van der Waals surface area contributed by atoms with Gasteiger partial charge in [-0.15, -0.1) is 0 Å². The van der Waals surface area contributed by atoms with E-state index in [1.807, 2.05) is 36.4 Å². The molecular weight excluding hydrogens is 406 g/mol. The Morgan fingerprint density at radius 3 is 2.48 bits per heavy atom. The van der Waals surface area contributed by atoms with Crippen LogP contribution in [0.1, 0.15) is 23.1 Å². The third-order valence-corrected chi connectivity index (χ3v) is 5.72. The minimum Gasteiger partial charge on any atom is -0.489 e. The molecule has 1 saturated heterocycles. The molecule has 0 atom stereocenters. The smallest absolute Gasteiger partial charge is 0.307 e. The van der Waals surface area contributed by atoms with Gasteiger partial charge in [-0.1, -0.05) is 65.9 Å². The van der Waals surface area contributed by atoms with E-state index in [0.29, 0.717) is 15.8 Å². The van der Waals surface area contributed by atoms with E-state index in [1.165, 1.54) is 29.3 Å². The molecule has 150 valence electrons. The van der Waals surface area contributed by atoms with Gasteiger partial charge in [0, 0.05) is 6.54 Å². The monoisotopic (exact) mass is 427 g/mol. The first kappa shape index (κ1) is 21.1. The van der Waals surface area contributed by atoms with Gasteiger partial charge in [-0.05, 0) is 36.3 Å². The van der Waals surface area contributed by atoms with Crippen LogP contribution in [0.25, 0.3) is 6.08 Å². The molecule has 1 amide bonds. The highest BCUT2D eigenvalue weighted by molar-refractivity contribution is 8.26. The first-order valence-corrected chi connectivity index (χ1v) is 10.3. The van der Waals surface area contributed by atoms with Crippen molar-refractivity contribution in [3.05, 3.63) is 70.1 Å². The van der Waals surface area contributed by atoms with Gasteiger partial charge in [-0.25, -0.2) is 0 Å². The van der Waals surface area contributed by atoms with Crippen molar-refractivity contribution in [2.45, 2.75) is 20.0 Å². The van der Waals surface area contributed by atoms with Crippen LogP contribution in [0.2, 0.25) is 0 Å². The number of methoxy groups -OCH3 is 1. The number of hydrogen-bond acceptors (Lipinski definition) is 6. The van der Waals surface area contributed by atoms with E-state index in [0.717, 1.165) is 16.9 Å². The van der Waals surface area contributed by atoms with Crippen molar-refractivity contribution in [3.8, 4) is 5.75 Å². The van der Waals surface area contributed by atoms with E-state index in [4.69, 9.17) is 17.0 Å². The van der Waals surface area contributed by atoms with Crippen LogP contribution in [0.5, 0.6) is 5.75 Å². The highest BCUT2D eigenvalue weighted by Crippen LogP contribution is 2.32. The third-order valence-electron chi connectivity index (χ3n) is 4.34. The number of carbonyl (C=O) groups excluding carboxylic acids is 2. The number of ether oxygens (including phenoxy) is 2. The number of esters is 1. The molecule has 0 radical (unpaired) electrons. The van der Waals surface area contributed by atoms with Crippen molar-refractivity contribution in [3.63, 3.8) is 0 Å². The van der Waals surface area contributed by atoms with E-state index < -0.39 is 0 Å². The SMILES string of the molecule is COC(=O)CCN1C(=O)/C(=C/c2ccc(OCc3ccc(C)cc3)cc2)SC1=S. The Morgan fingerprint density at radius 2 is 1.83 bits per heavy atom. The van der Waals surface area contributed by atoms with Gasteiger partial charge in [0.25, 0.3) is 5.91 Å².